The summed E-state index contributed by atoms with van der Waals surface area (Å²) in [5.74, 6) is -0.339. The van der Waals surface area contributed by atoms with Gasteiger partial charge in [0.15, 0.2) is 6.17 Å². The number of nitrogens with zero attached hydrogens (tertiary/aromatic N) is 1. The van der Waals surface area contributed by atoms with Crippen molar-refractivity contribution in [2.24, 2.45) is 0 Å². The number of nitrogens with one attached hydrogen (secondary N) is 2. The molecule has 0 spiro atoms. The molecular weight excluding hydrogens is 612 g/mol. The molecule has 0 fully saturated rings. The van der Waals surface area contributed by atoms with Crippen molar-refractivity contribution in [2.75, 3.05) is 24.1 Å². The molecule has 7 rings (SSSR count). The highest BCUT2D eigenvalue weighted by atomic mass is 32.2. The van der Waals surface area contributed by atoms with Crippen molar-refractivity contribution in [2.45, 2.75) is 19.6 Å². The molecule has 1 amide bonds. The second-order valence-electron chi connectivity index (χ2n) is 11.1. The van der Waals surface area contributed by atoms with Gasteiger partial charge in [-0.05, 0) is 67.1 Å². The topological polar surface area (TPSA) is 103 Å². The minimum Gasteiger partial charge on any atom is -0.490 e. The Bertz CT molecular complexity index is 2260. The van der Waals surface area contributed by atoms with Crippen molar-refractivity contribution in [3.8, 4) is 39.5 Å². The number of amides is 1. The molecule has 6 aromatic rings. The standard InChI is InChI=1S/C35H29F2N3O5S/c1-3-46(42,43)39-28-17-32-27(33(35(41)38-2)34(45-32)20-8-11-23(36)12-9-20)16-25(28)21-10-13-31-26(14-21)30-15-22-6-4-5-7-29(22)40(30)18-24(37)19-44-31/h4-17,24,39H,3,18-19H2,1-2H3,(H,38,41). The summed E-state index contributed by atoms with van der Waals surface area (Å²) >= 11 is 0. The summed E-state index contributed by atoms with van der Waals surface area (Å²) in [6.45, 7) is 1.52. The number of aromatic nitrogens is 1. The van der Waals surface area contributed by atoms with Gasteiger partial charge in [0.2, 0.25) is 10.0 Å². The van der Waals surface area contributed by atoms with Gasteiger partial charge in [0, 0.05) is 46.1 Å². The number of anilines is 1. The van der Waals surface area contributed by atoms with Crippen LogP contribution in [0.4, 0.5) is 14.5 Å². The van der Waals surface area contributed by atoms with Crippen LogP contribution in [0.5, 0.6) is 5.75 Å². The first-order valence-electron chi connectivity index (χ1n) is 14.7. The molecule has 1 aliphatic heterocycles. The van der Waals surface area contributed by atoms with Crippen molar-refractivity contribution in [3.63, 3.8) is 0 Å². The van der Waals surface area contributed by atoms with E-state index >= 15 is 0 Å². The molecule has 8 nitrogen and oxygen atoms in total. The van der Waals surface area contributed by atoms with Crippen molar-refractivity contribution in [1.82, 2.24) is 9.88 Å². The van der Waals surface area contributed by atoms with Gasteiger partial charge in [-0.15, -0.1) is 0 Å². The molecule has 1 aliphatic rings. The Morgan fingerprint density at radius 3 is 2.50 bits per heavy atom. The third-order valence-corrected chi connectivity index (χ3v) is 9.50. The van der Waals surface area contributed by atoms with E-state index in [0.29, 0.717) is 33.4 Å². The number of carbonyl (C=O) groups is 1. The smallest absolute Gasteiger partial charge is 0.255 e. The van der Waals surface area contributed by atoms with Gasteiger partial charge >= 0.3 is 0 Å². The molecule has 0 saturated heterocycles. The van der Waals surface area contributed by atoms with E-state index < -0.39 is 27.9 Å². The maximum atomic E-state index is 14.9. The van der Waals surface area contributed by atoms with Crippen LogP contribution in [0.15, 0.2) is 89.3 Å². The van der Waals surface area contributed by atoms with Gasteiger partial charge in [-0.3, -0.25) is 9.52 Å². The molecule has 2 N–H and O–H groups in total. The number of sulfonamides is 1. The zero-order chi connectivity index (χ0) is 32.2. The molecule has 0 bridgehead atoms. The van der Waals surface area contributed by atoms with Crippen LogP contribution >= 0.6 is 0 Å². The molecule has 0 aliphatic carbocycles. The third-order valence-electron chi connectivity index (χ3n) is 8.21. The van der Waals surface area contributed by atoms with Crippen LogP contribution in [0.1, 0.15) is 17.3 Å². The third kappa shape index (κ3) is 5.16. The van der Waals surface area contributed by atoms with Gasteiger partial charge in [-0.2, -0.15) is 0 Å². The number of carbonyl (C=O) groups excluding carboxylic acids is 1. The minimum atomic E-state index is -3.74. The highest BCUT2D eigenvalue weighted by Crippen LogP contribution is 2.43. The summed E-state index contributed by atoms with van der Waals surface area (Å²) in [6, 6.07) is 23.9. The normalized spacial score (nSPS) is 14.7. The van der Waals surface area contributed by atoms with Crippen LogP contribution in [0.2, 0.25) is 0 Å². The van der Waals surface area contributed by atoms with E-state index in [1.807, 2.05) is 41.0 Å². The number of hydrogen-bond acceptors (Lipinski definition) is 5. The lowest BCUT2D eigenvalue weighted by Gasteiger charge is -2.22. The van der Waals surface area contributed by atoms with Gasteiger partial charge < -0.3 is 19.0 Å². The molecule has 4 aromatic carbocycles. The highest BCUT2D eigenvalue weighted by molar-refractivity contribution is 7.92. The Balaban J connectivity index is 1.48. The lowest BCUT2D eigenvalue weighted by molar-refractivity contribution is 0.0964. The van der Waals surface area contributed by atoms with Gasteiger partial charge in [0.05, 0.1) is 29.2 Å². The predicted molar refractivity (Wildman–Crippen MR) is 175 cm³/mol. The maximum Gasteiger partial charge on any atom is 0.255 e. The molecule has 11 heteroatoms. The zero-order valence-electron chi connectivity index (χ0n) is 24.9. The van der Waals surface area contributed by atoms with Crippen LogP contribution in [0.25, 0.3) is 55.6 Å². The van der Waals surface area contributed by atoms with Gasteiger partial charge in [-0.25, -0.2) is 17.2 Å². The zero-order valence-corrected chi connectivity index (χ0v) is 25.8. The SMILES string of the molecule is CCS(=O)(=O)Nc1cc2oc(-c3ccc(F)cc3)c(C(=O)NC)c2cc1-c1ccc2c(c1)-c1cc3ccccc3n1CC(F)CO2. The Morgan fingerprint density at radius 2 is 1.74 bits per heavy atom. The van der Waals surface area contributed by atoms with E-state index in [9.17, 15) is 22.0 Å². The van der Waals surface area contributed by atoms with E-state index in [4.69, 9.17) is 9.15 Å². The summed E-state index contributed by atoms with van der Waals surface area (Å²) in [4.78, 5) is 13.3. The Labute approximate surface area is 263 Å². The number of halogens is 2. The average molecular weight is 642 g/mol. The first kappa shape index (κ1) is 29.5. The van der Waals surface area contributed by atoms with Crippen molar-refractivity contribution in [3.05, 3.63) is 96.3 Å². The highest BCUT2D eigenvalue weighted by Gasteiger charge is 2.26. The summed E-state index contributed by atoms with van der Waals surface area (Å²) in [5.41, 5.74) is 4.66. The Morgan fingerprint density at radius 1 is 0.978 bits per heavy atom. The first-order valence-corrected chi connectivity index (χ1v) is 16.4. The second kappa shape index (κ2) is 11.3. The summed E-state index contributed by atoms with van der Waals surface area (Å²) in [5, 5.41) is 4.03. The fourth-order valence-corrected chi connectivity index (χ4v) is 6.59. The van der Waals surface area contributed by atoms with Crippen LogP contribution in [0.3, 0.4) is 0 Å². The van der Waals surface area contributed by atoms with E-state index in [2.05, 4.69) is 10.0 Å². The van der Waals surface area contributed by atoms with Gasteiger partial charge in [0.1, 0.15) is 29.5 Å². The number of hydrogen-bond donors (Lipinski definition) is 2. The fourth-order valence-electron chi connectivity index (χ4n) is 5.95. The molecule has 0 saturated carbocycles. The first-order chi connectivity index (χ1) is 22.2. The maximum absolute atomic E-state index is 14.9. The summed E-state index contributed by atoms with van der Waals surface area (Å²) in [6.07, 6.45) is -1.22. The van der Waals surface area contributed by atoms with Gasteiger partial charge in [0.25, 0.3) is 5.91 Å². The van der Waals surface area contributed by atoms with Crippen LogP contribution in [-0.2, 0) is 16.6 Å². The lowest BCUT2D eigenvalue weighted by Crippen LogP contribution is -2.22. The molecule has 46 heavy (non-hydrogen) atoms. The molecule has 2 aromatic heterocycles. The summed E-state index contributed by atoms with van der Waals surface area (Å²) < 4.78 is 71.1. The Hall–Kier alpha value is -5.16. The number of para-hydroxylation sites is 1. The lowest BCUT2D eigenvalue weighted by atomic mass is 9.96. The van der Waals surface area contributed by atoms with E-state index in [1.165, 1.54) is 38.2 Å². The van der Waals surface area contributed by atoms with E-state index in [-0.39, 0.29) is 41.5 Å². The average Bonchev–Trinajstić information content (AvgIpc) is 3.60. The van der Waals surface area contributed by atoms with Crippen LogP contribution in [0, 0.1) is 5.82 Å². The number of furan rings is 1. The molecule has 1 unspecified atom stereocenters. The van der Waals surface area contributed by atoms with E-state index in [0.717, 1.165) is 16.6 Å². The van der Waals surface area contributed by atoms with Crippen LogP contribution < -0.4 is 14.8 Å². The fraction of sp³-hybridized carbons (Fsp3) is 0.171. The van der Waals surface area contributed by atoms with Gasteiger partial charge in [-0.1, -0.05) is 24.3 Å². The monoisotopic (exact) mass is 641 g/mol. The van der Waals surface area contributed by atoms with E-state index in [1.54, 1.807) is 24.3 Å². The number of rotatable bonds is 6. The van der Waals surface area contributed by atoms with Crippen molar-refractivity contribution < 1.29 is 31.1 Å². The van der Waals surface area contributed by atoms with Crippen LogP contribution in [-0.4, -0.2) is 44.5 Å². The van der Waals surface area contributed by atoms with Crippen molar-refractivity contribution in [1.29, 1.82) is 0 Å². The number of fused-ring (bicyclic) bond motifs is 6. The molecular formula is C35H29F2N3O5S. The minimum absolute atomic E-state index is 0.108. The Kier molecular flexibility index (Phi) is 7.28. The molecule has 0 radical (unpaired) electrons. The van der Waals surface area contributed by atoms with Crippen molar-refractivity contribution >= 4 is 43.5 Å². The number of alkyl halides is 1. The predicted octanol–water partition coefficient (Wildman–Crippen LogP) is 7.38. The number of ether oxygens (including phenoxy) is 1. The largest absolute Gasteiger partial charge is 0.490 e. The molecule has 234 valence electrons. The second-order valence-corrected chi connectivity index (χ2v) is 13.1. The quantitative estimate of drug-likeness (QED) is 0.198. The number of benzene rings is 4. The molecule has 3 heterocycles. The molecule has 1 atom stereocenters. The summed E-state index contributed by atoms with van der Waals surface area (Å²) in [7, 11) is -2.24.